The number of nitrogens with one attached hydrogen (secondary N) is 4. The van der Waals surface area contributed by atoms with E-state index in [1.54, 1.807) is 0 Å². The van der Waals surface area contributed by atoms with Gasteiger partial charge >= 0.3 is 0 Å². The largest absolute Gasteiger partial charge is 0.494 e. The van der Waals surface area contributed by atoms with Crippen molar-refractivity contribution in [3.63, 3.8) is 0 Å². The lowest BCUT2D eigenvalue weighted by molar-refractivity contribution is 0.101. The number of aromatic amines is 2. The zero-order valence-corrected chi connectivity index (χ0v) is 47.3. The Kier molecular flexibility index (Phi) is 22.3. The van der Waals surface area contributed by atoms with Gasteiger partial charge in [-0.3, -0.25) is 19.4 Å². The van der Waals surface area contributed by atoms with Crippen molar-refractivity contribution in [1.29, 1.82) is 0 Å². The summed E-state index contributed by atoms with van der Waals surface area (Å²) in [6.45, 7) is 22.5. The number of H-pyrrole nitrogens is 2. The van der Waals surface area contributed by atoms with Crippen LogP contribution >= 0.6 is 0 Å². The lowest BCUT2D eigenvalue weighted by atomic mass is 9.93. The van der Waals surface area contributed by atoms with Crippen molar-refractivity contribution in [2.75, 3.05) is 56.6 Å². The molecule has 1 atom stereocenters. The first-order valence-corrected chi connectivity index (χ1v) is 29.1. The third-order valence-corrected chi connectivity index (χ3v) is 14.9. The fourth-order valence-corrected chi connectivity index (χ4v) is 10.6. The first-order valence-electron chi connectivity index (χ1n) is 29.1. The number of ether oxygens (including phenoxy) is 2. The van der Waals surface area contributed by atoms with E-state index in [1.807, 2.05) is 72.8 Å². The zero-order valence-electron chi connectivity index (χ0n) is 47.3. The van der Waals surface area contributed by atoms with Gasteiger partial charge in [0.05, 0.1) is 18.8 Å². The average molecular weight is 1030 g/mol. The molecule has 0 bridgehead atoms. The molecular formula is C66H90N6O4. The number of carbonyl (C=O) groups excluding carboxylic acids is 2. The maximum Gasteiger partial charge on any atom is 0.259 e. The van der Waals surface area contributed by atoms with E-state index in [0.29, 0.717) is 34.9 Å². The van der Waals surface area contributed by atoms with Crippen LogP contribution in [0.15, 0.2) is 109 Å². The van der Waals surface area contributed by atoms with Gasteiger partial charge in [-0.2, -0.15) is 0 Å². The van der Waals surface area contributed by atoms with Crippen molar-refractivity contribution in [3.05, 3.63) is 132 Å². The number of carbonyl (C=O) groups is 2. The maximum atomic E-state index is 13.2. The number of aromatic nitrogens is 2. The van der Waals surface area contributed by atoms with E-state index in [2.05, 4.69) is 116 Å². The Morgan fingerprint density at radius 1 is 0.618 bits per heavy atom. The highest BCUT2D eigenvalue weighted by Crippen LogP contribution is 2.34. The van der Waals surface area contributed by atoms with Gasteiger partial charge < -0.3 is 30.1 Å². The van der Waals surface area contributed by atoms with Gasteiger partial charge in [0.15, 0.2) is 0 Å². The Morgan fingerprint density at radius 3 is 1.72 bits per heavy atom. The molecule has 2 amide bonds. The number of rotatable bonds is 26. The molecule has 1 unspecified atom stereocenters. The number of fused-ring (bicyclic) bond motifs is 2. The second-order valence-corrected chi connectivity index (χ2v) is 22.5. The van der Waals surface area contributed by atoms with Crippen LogP contribution in [-0.2, 0) is 0 Å². The molecule has 0 radical (unpaired) electrons. The summed E-state index contributed by atoms with van der Waals surface area (Å²) in [5, 5.41) is 8.49. The van der Waals surface area contributed by atoms with Crippen LogP contribution in [0.5, 0.6) is 11.5 Å². The van der Waals surface area contributed by atoms with E-state index in [0.717, 1.165) is 104 Å². The minimum atomic E-state index is -0.144. The summed E-state index contributed by atoms with van der Waals surface area (Å²) < 4.78 is 11.9. The fraction of sp³-hybridized carbons (Fsp3) is 0.485. The van der Waals surface area contributed by atoms with Gasteiger partial charge in [-0.1, -0.05) is 136 Å². The van der Waals surface area contributed by atoms with Gasteiger partial charge in [0.1, 0.15) is 11.5 Å². The molecule has 0 spiro atoms. The molecule has 2 aromatic heterocycles. The number of hydrogen-bond donors (Lipinski definition) is 4. The molecule has 2 aliphatic heterocycles. The van der Waals surface area contributed by atoms with Crippen LogP contribution in [0.3, 0.4) is 0 Å². The molecule has 4 N–H and O–H groups in total. The fourth-order valence-electron chi connectivity index (χ4n) is 10.6. The highest BCUT2D eigenvalue weighted by atomic mass is 16.5. The molecule has 0 aliphatic carbocycles. The van der Waals surface area contributed by atoms with Crippen LogP contribution in [-0.4, -0.2) is 83.6 Å². The Morgan fingerprint density at radius 2 is 1.17 bits per heavy atom. The first kappa shape index (κ1) is 57.6. The summed E-state index contributed by atoms with van der Waals surface area (Å²) in [5.74, 6) is 1.21. The van der Waals surface area contributed by atoms with Gasteiger partial charge in [0.2, 0.25) is 0 Å². The third kappa shape index (κ3) is 17.2. The van der Waals surface area contributed by atoms with Gasteiger partial charge in [-0.05, 0) is 128 Å². The number of benzene rings is 4. The van der Waals surface area contributed by atoms with Gasteiger partial charge in [-0.15, -0.1) is 0 Å². The predicted molar refractivity (Wildman–Crippen MR) is 320 cm³/mol. The Bertz CT molecular complexity index is 2810. The van der Waals surface area contributed by atoms with Crippen molar-refractivity contribution in [2.24, 2.45) is 5.41 Å². The van der Waals surface area contributed by atoms with Crippen LogP contribution in [0.4, 0.5) is 11.4 Å². The monoisotopic (exact) mass is 1030 g/mol. The quantitative estimate of drug-likeness (QED) is 0.0402. The number of amides is 2. The van der Waals surface area contributed by atoms with Crippen LogP contribution < -0.4 is 20.1 Å². The van der Waals surface area contributed by atoms with Crippen LogP contribution in [0, 0.1) is 5.41 Å². The first-order chi connectivity index (χ1) is 36.9. The molecule has 0 saturated carbocycles. The SMILES string of the molecule is CCCCCCCCOc1ccc(C(=O)Nc2ccc3[nH]cc(C4=CCN(C(C)CCC)CC4)c3c2)cc1.CCCCCCCCOc1ccccc1C(=O)Nc1ccc2[nH]cc(C3=CCN(CC(C)(C)C)CC3)c2c1. The van der Waals surface area contributed by atoms with E-state index in [-0.39, 0.29) is 11.8 Å². The van der Waals surface area contributed by atoms with Crippen molar-refractivity contribution < 1.29 is 19.1 Å². The maximum absolute atomic E-state index is 13.2. The van der Waals surface area contributed by atoms with Crippen molar-refractivity contribution in [3.8, 4) is 11.5 Å². The van der Waals surface area contributed by atoms with Gasteiger partial charge in [-0.25, -0.2) is 0 Å². The number of unbranched alkanes of at least 4 members (excludes halogenated alkanes) is 10. The lowest BCUT2D eigenvalue weighted by Gasteiger charge is -2.32. The van der Waals surface area contributed by atoms with E-state index >= 15 is 0 Å². The minimum absolute atomic E-state index is 0.110. The summed E-state index contributed by atoms with van der Waals surface area (Å²) in [6.07, 6.45) is 28.2. The Balaban J connectivity index is 0.000000221. The summed E-state index contributed by atoms with van der Waals surface area (Å²) in [4.78, 5) is 38.1. The highest BCUT2D eigenvalue weighted by Gasteiger charge is 2.22. The number of anilines is 2. The highest BCUT2D eigenvalue weighted by molar-refractivity contribution is 6.08. The molecule has 2 aliphatic rings. The van der Waals surface area contributed by atoms with Crippen LogP contribution in [0.1, 0.15) is 183 Å². The minimum Gasteiger partial charge on any atom is -0.494 e. The summed E-state index contributed by atoms with van der Waals surface area (Å²) >= 11 is 0. The van der Waals surface area contributed by atoms with Gasteiger partial charge in [0.25, 0.3) is 11.8 Å². The van der Waals surface area contributed by atoms with Crippen molar-refractivity contribution >= 4 is 56.1 Å². The predicted octanol–water partition coefficient (Wildman–Crippen LogP) is 16.7. The molecule has 6 aromatic rings. The lowest BCUT2D eigenvalue weighted by Crippen LogP contribution is -2.36. The molecular weight excluding hydrogens is 941 g/mol. The van der Waals surface area contributed by atoms with Crippen LogP contribution in [0.25, 0.3) is 33.0 Å². The summed E-state index contributed by atoms with van der Waals surface area (Å²) in [5.41, 5.74) is 10.5. The molecule has 10 heteroatoms. The number of para-hydroxylation sites is 1. The summed E-state index contributed by atoms with van der Waals surface area (Å²) in [7, 11) is 0. The van der Waals surface area contributed by atoms with Gasteiger partial charge in [0, 0.05) is 101 Å². The molecule has 8 rings (SSSR count). The van der Waals surface area contributed by atoms with E-state index < -0.39 is 0 Å². The third-order valence-electron chi connectivity index (χ3n) is 14.9. The zero-order chi connectivity index (χ0) is 53.7. The molecule has 4 heterocycles. The molecule has 10 nitrogen and oxygen atoms in total. The number of hydrogen-bond acceptors (Lipinski definition) is 6. The standard InChI is InChI=1S/2C33H45N3O2/c1-5-6-7-8-9-12-21-38-31-14-11-10-13-27(31)32(37)35-26-15-16-30-28(22-26)29(23-34-30)25-17-19-36(20-18-25)24-33(2,3)4;1-4-6-7-8-9-10-22-38-29-15-12-27(13-16-29)33(37)35-28-14-17-32-30(23-28)31(24-34-32)26-18-20-36(21-19-26)25(3)11-5-2/h10-11,13-17,22-23,34H,5-9,12,18-21,24H2,1-4H3,(H,35,37);12-18,23-25,34H,4-11,19-22H2,1-3H3,(H,35,37). The topological polar surface area (TPSA) is 115 Å². The molecule has 408 valence electrons. The number of nitrogens with zero attached hydrogens (tertiary/aromatic N) is 2. The van der Waals surface area contributed by atoms with Crippen LogP contribution in [0.2, 0.25) is 0 Å². The molecule has 76 heavy (non-hydrogen) atoms. The molecule has 4 aromatic carbocycles. The second-order valence-electron chi connectivity index (χ2n) is 22.5. The smallest absolute Gasteiger partial charge is 0.259 e. The molecule has 0 saturated heterocycles. The van der Waals surface area contributed by atoms with Crippen molar-refractivity contribution in [2.45, 2.75) is 157 Å². The van der Waals surface area contributed by atoms with E-state index in [9.17, 15) is 9.59 Å². The van der Waals surface area contributed by atoms with Crippen molar-refractivity contribution in [1.82, 2.24) is 19.8 Å². The Hall–Kier alpha value is -6.10. The van der Waals surface area contributed by atoms with E-state index in [4.69, 9.17) is 9.47 Å². The normalized spacial score (nSPS) is 14.7. The molecule has 0 fully saturated rings. The van der Waals surface area contributed by atoms with E-state index in [1.165, 1.54) is 99.3 Å². The summed E-state index contributed by atoms with van der Waals surface area (Å²) in [6, 6.07) is 27.8. The average Bonchev–Trinajstić information content (AvgIpc) is 4.08. The second kappa shape index (κ2) is 29.4. The Labute approximate surface area is 455 Å².